The van der Waals surface area contributed by atoms with Gasteiger partial charge >= 0.3 is 0 Å². The Morgan fingerprint density at radius 3 is 1.44 bits per heavy atom. The summed E-state index contributed by atoms with van der Waals surface area (Å²) in [5.74, 6) is 0.486. The summed E-state index contributed by atoms with van der Waals surface area (Å²) in [5, 5.41) is 66.8. The molecule has 16 heteroatoms. The Labute approximate surface area is 523 Å². The van der Waals surface area contributed by atoms with Gasteiger partial charge in [0.15, 0.2) is 0 Å². The minimum absolute atomic E-state index is 0. The minimum Gasteiger partial charge on any atom is -0.513 e. The standard InChI is InChI=1S/2C17H10NS.C15H8NS2.3C5H10O2.3Ir/c1-2-6-13-12(4-1)5-3-7-14(13)17-15-9-11-19-16(15)8-10-18-17;1-2-4-13-11-14(6-5-12(13)3-1)17-15-8-10-19-16(15)7-9-18-17;1-2-4-12-10(3-1)9-14(18-12)15-11-6-8-17-13(11)5-7-16-15;3*1-4(6)3-5(2)7;;;/h1-6,8-11H;1-5,7-11H;1-8H;3*3-4,6-7H,1-2H3;;;/q3*-1;;;;;;. The van der Waals surface area contributed by atoms with Gasteiger partial charge in [-0.1, -0.05) is 89.6 Å². The normalized spacial score (nSPS) is 12.2. The molecule has 419 valence electrons. The molecule has 7 heterocycles. The molecule has 3 atom stereocenters. The second-order valence-electron chi connectivity index (χ2n) is 17.6. The molecule has 0 bridgehead atoms. The molecule has 0 saturated carbocycles. The van der Waals surface area contributed by atoms with Crippen LogP contribution in [-0.4, -0.2) is 63.9 Å². The van der Waals surface area contributed by atoms with Crippen LogP contribution in [0.5, 0.6) is 0 Å². The summed E-state index contributed by atoms with van der Waals surface area (Å²) in [6, 6.07) is 56.1. The van der Waals surface area contributed by atoms with Crippen LogP contribution in [0, 0.1) is 18.2 Å². The third-order valence-corrected chi connectivity index (χ3v) is 14.8. The molecule has 9 nitrogen and oxygen atoms in total. The number of aromatic nitrogens is 3. The number of allylic oxidation sites excluding steroid dienone is 3. The van der Waals surface area contributed by atoms with E-state index in [1.54, 1.807) is 66.1 Å². The Morgan fingerprint density at radius 1 is 0.475 bits per heavy atom. The van der Waals surface area contributed by atoms with Gasteiger partial charge in [0.05, 0.1) is 35.6 Å². The van der Waals surface area contributed by atoms with Crippen molar-refractivity contribution in [2.75, 3.05) is 0 Å². The van der Waals surface area contributed by atoms with Crippen molar-refractivity contribution >= 4 is 107 Å². The number of benzene rings is 5. The van der Waals surface area contributed by atoms with Crippen molar-refractivity contribution in [2.24, 2.45) is 0 Å². The third-order valence-electron chi connectivity index (χ3n) is 11.0. The van der Waals surface area contributed by atoms with E-state index >= 15 is 0 Å². The molecule has 0 amide bonds. The van der Waals surface area contributed by atoms with Gasteiger partial charge in [0, 0.05) is 98.7 Å². The van der Waals surface area contributed by atoms with Gasteiger partial charge in [0.25, 0.3) is 0 Å². The average Bonchev–Trinajstić information content (AvgIpc) is 4.36. The number of hydrogen-bond donors (Lipinski definition) is 6. The topological polar surface area (TPSA) is 160 Å². The first-order valence-corrected chi connectivity index (χ1v) is 28.0. The van der Waals surface area contributed by atoms with Gasteiger partial charge in [-0.25, -0.2) is 11.3 Å². The van der Waals surface area contributed by atoms with Gasteiger partial charge in [-0.15, -0.1) is 116 Å². The molecule has 5 aromatic carbocycles. The monoisotopic (exact) mass is 1670 g/mol. The molecule has 3 unspecified atom stereocenters. The third kappa shape index (κ3) is 19.2. The zero-order chi connectivity index (χ0) is 54.8. The van der Waals surface area contributed by atoms with Crippen molar-refractivity contribution in [2.45, 2.75) is 59.9 Å². The van der Waals surface area contributed by atoms with Gasteiger partial charge < -0.3 is 45.6 Å². The molecule has 0 saturated heterocycles. The van der Waals surface area contributed by atoms with Crippen molar-refractivity contribution in [3.63, 3.8) is 0 Å². The maximum absolute atomic E-state index is 8.49. The van der Waals surface area contributed by atoms with Crippen molar-refractivity contribution in [3.8, 4) is 33.1 Å². The van der Waals surface area contributed by atoms with Gasteiger partial charge in [0.1, 0.15) is 0 Å². The maximum atomic E-state index is 8.49. The predicted octanol–water partition coefficient (Wildman–Crippen LogP) is 17.3. The fourth-order valence-electron chi connectivity index (χ4n) is 7.97. The number of nitrogens with zero attached hydrogens (tertiary/aromatic N) is 3. The largest absolute Gasteiger partial charge is 0.513 e. The van der Waals surface area contributed by atoms with Crippen LogP contribution in [0.2, 0.25) is 0 Å². The second kappa shape index (κ2) is 33.3. The van der Waals surface area contributed by atoms with Crippen LogP contribution in [0.3, 0.4) is 0 Å². The molecule has 0 aliphatic carbocycles. The summed E-state index contributed by atoms with van der Waals surface area (Å²) in [6.07, 6.45) is 8.10. The Balaban J connectivity index is 0.000000217. The van der Waals surface area contributed by atoms with E-state index in [4.69, 9.17) is 30.6 Å². The Kier molecular flexibility index (Phi) is 27.9. The number of aliphatic hydroxyl groups excluding tert-OH is 6. The minimum atomic E-state index is -0.537. The first-order valence-electron chi connectivity index (χ1n) is 24.5. The molecule has 12 rings (SSSR count). The van der Waals surface area contributed by atoms with Crippen LogP contribution in [0.4, 0.5) is 0 Å². The molecule has 0 aliphatic rings. The zero-order valence-electron chi connectivity index (χ0n) is 44.3. The van der Waals surface area contributed by atoms with E-state index in [0.29, 0.717) is 0 Å². The van der Waals surface area contributed by atoms with Crippen molar-refractivity contribution in [3.05, 3.63) is 222 Å². The number of pyridine rings is 3. The van der Waals surface area contributed by atoms with E-state index in [9.17, 15) is 0 Å². The van der Waals surface area contributed by atoms with Gasteiger partial charge in [-0.3, -0.25) is 0 Å². The molecule has 7 aromatic heterocycles. The van der Waals surface area contributed by atoms with Crippen LogP contribution in [0.25, 0.3) is 95.0 Å². The molecular weight excluding hydrogens is 1610 g/mol. The van der Waals surface area contributed by atoms with E-state index in [0.717, 1.165) is 33.1 Å². The van der Waals surface area contributed by atoms with E-state index in [1.807, 2.05) is 42.9 Å². The van der Waals surface area contributed by atoms with Crippen LogP contribution < -0.4 is 0 Å². The molecule has 3 radical (unpaired) electrons. The molecular formula is C64H58Ir3N3O6S4-3. The number of aliphatic hydroxyl groups is 6. The first kappa shape index (κ1) is 66.9. The van der Waals surface area contributed by atoms with Crippen LogP contribution >= 0.6 is 45.3 Å². The molecule has 80 heavy (non-hydrogen) atoms. The molecule has 6 N–H and O–H groups in total. The average molecular weight is 1670 g/mol. The molecule has 0 spiro atoms. The Bertz CT molecular complexity index is 3830. The summed E-state index contributed by atoms with van der Waals surface area (Å²) in [4.78, 5) is 14.8. The van der Waals surface area contributed by atoms with Crippen molar-refractivity contribution < 1.29 is 91.0 Å². The molecule has 0 aliphatic heterocycles. The predicted molar refractivity (Wildman–Crippen MR) is 326 cm³/mol. The van der Waals surface area contributed by atoms with E-state index < -0.39 is 18.3 Å². The Morgan fingerprint density at radius 2 is 0.925 bits per heavy atom. The maximum Gasteiger partial charge on any atom is 0.0877 e. The quantitative estimate of drug-likeness (QED) is 0.0704. The zero-order valence-corrected chi connectivity index (χ0v) is 54.7. The van der Waals surface area contributed by atoms with Crippen LogP contribution in [-0.2, 0) is 60.3 Å². The van der Waals surface area contributed by atoms with Gasteiger partial charge in [0.2, 0.25) is 0 Å². The number of thiophene rings is 4. The molecule has 12 aromatic rings. The fourth-order valence-corrected chi connectivity index (χ4v) is 11.3. The number of fused-ring (bicyclic) bond motifs is 6. The summed E-state index contributed by atoms with van der Waals surface area (Å²) in [6.45, 7) is 9.31. The van der Waals surface area contributed by atoms with Gasteiger partial charge in [-0.05, 0) is 131 Å². The summed E-state index contributed by atoms with van der Waals surface area (Å²) < 4.78 is 5.09. The van der Waals surface area contributed by atoms with E-state index in [-0.39, 0.29) is 77.6 Å². The second-order valence-corrected chi connectivity index (χ2v) is 21.5. The fraction of sp³-hybridized carbons (Fsp3) is 0.141. The first-order chi connectivity index (χ1) is 37.1. The van der Waals surface area contributed by atoms with E-state index in [1.165, 1.54) is 101 Å². The SMILES string of the molecule is CC(O)=CC(C)O.CC(O)=CC(C)O.CC(O)=CC(C)O.[Ir].[Ir].[Ir].[c-]1c(-c2nccc3sccc23)sc2ccccc12.[c-]1cc2ccccc2cc1-c1nccc2sccc12.[c-]1ccc2ccccc2c1-c1nccc2sccc12. The number of rotatable bonds is 6. The van der Waals surface area contributed by atoms with Crippen molar-refractivity contribution in [1.29, 1.82) is 0 Å². The van der Waals surface area contributed by atoms with Crippen molar-refractivity contribution in [1.82, 2.24) is 15.0 Å². The summed E-state index contributed by atoms with van der Waals surface area (Å²) in [5.41, 5.74) is 5.24. The summed E-state index contributed by atoms with van der Waals surface area (Å²) in [7, 11) is 0. The van der Waals surface area contributed by atoms with Gasteiger partial charge in [-0.2, -0.15) is 0 Å². The van der Waals surface area contributed by atoms with Crippen LogP contribution in [0.15, 0.2) is 204 Å². The van der Waals surface area contributed by atoms with Crippen LogP contribution in [0.1, 0.15) is 41.5 Å². The molecule has 0 fully saturated rings. The Hall–Kier alpha value is -5.64. The van der Waals surface area contributed by atoms with E-state index in [2.05, 4.69) is 158 Å². The number of hydrogen-bond acceptors (Lipinski definition) is 13. The summed E-state index contributed by atoms with van der Waals surface area (Å²) >= 11 is 7.00. The smallest absolute Gasteiger partial charge is 0.0877 e.